The molecule has 0 fully saturated rings. The third kappa shape index (κ3) is 4.60. The summed E-state index contributed by atoms with van der Waals surface area (Å²) in [6.07, 6.45) is 4.77. The number of hydrogen-bond donors (Lipinski definition) is 1. The minimum Gasteiger partial charge on any atom is -0.494 e. The summed E-state index contributed by atoms with van der Waals surface area (Å²) >= 11 is 0. The molecular weight excluding hydrogens is 262 g/mol. The molecule has 21 heavy (non-hydrogen) atoms. The van der Waals surface area contributed by atoms with E-state index in [4.69, 9.17) is 4.74 Å². The first kappa shape index (κ1) is 15.6. The number of ether oxygens (including phenoxy) is 1. The monoisotopic (exact) mass is 287 g/mol. The fraction of sp³-hybridized carbons (Fsp3) is 0.471. The van der Waals surface area contributed by atoms with Gasteiger partial charge in [-0.2, -0.15) is 0 Å². The lowest BCUT2D eigenvalue weighted by molar-refractivity contribution is 0.317. The molecule has 0 amide bonds. The normalized spacial score (nSPS) is 11.6. The molecule has 0 unspecified atom stereocenters. The Morgan fingerprint density at radius 2 is 1.90 bits per heavy atom. The van der Waals surface area contributed by atoms with Crippen LogP contribution in [-0.4, -0.2) is 21.7 Å². The molecule has 0 spiro atoms. The van der Waals surface area contributed by atoms with Crippen molar-refractivity contribution in [1.29, 1.82) is 0 Å². The average molecular weight is 287 g/mol. The second-order valence-corrected chi connectivity index (χ2v) is 6.20. The van der Waals surface area contributed by atoms with Gasteiger partial charge in [0.05, 0.1) is 18.6 Å². The van der Waals surface area contributed by atoms with Crippen LogP contribution in [0, 0.1) is 0 Å². The number of rotatable bonds is 6. The highest BCUT2D eigenvalue weighted by Gasteiger charge is 2.11. The summed E-state index contributed by atoms with van der Waals surface area (Å²) < 4.78 is 7.71. The highest BCUT2D eigenvalue weighted by atomic mass is 16.5. The zero-order chi connectivity index (χ0) is 15.3. The van der Waals surface area contributed by atoms with Gasteiger partial charge in [-0.05, 0) is 51.5 Å². The van der Waals surface area contributed by atoms with Crippen LogP contribution in [0.2, 0.25) is 0 Å². The van der Waals surface area contributed by atoms with Crippen LogP contribution >= 0.6 is 0 Å². The Kier molecular flexibility index (Phi) is 5.02. The van der Waals surface area contributed by atoms with Gasteiger partial charge in [0, 0.05) is 24.0 Å². The highest BCUT2D eigenvalue weighted by Crippen LogP contribution is 2.17. The van der Waals surface area contributed by atoms with Crippen molar-refractivity contribution in [2.45, 2.75) is 46.2 Å². The molecule has 2 rings (SSSR count). The fourth-order valence-electron chi connectivity index (χ4n) is 1.96. The van der Waals surface area contributed by atoms with Gasteiger partial charge in [-0.15, -0.1) is 0 Å². The van der Waals surface area contributed by atoms with E-state index in [0.29, 0.717) is 0 Å². The van der Waals surface area contributed by atoms with Gasteiger partial charge in [-0.25, -0.2) is 4.98 Å². The number of aromatic nitrogens is 2. The number of benzene rings is 1. The Bertz CT molecular complexity index is 552. The zero-order valence-corrected chi connectivity index (χ0v) is 13.4. The molecule has 1 N–H and O–H groups in total. The third-order valence-corrected chi connectivity index (χ3v) is 3.10. The van der Waals surface area contributed by atoms with Crippen molar-refractivity contribution < 1.29 is 4.74 Å². The first-order valence-electron chi connectivity index (χ1n) is 7.49. The summed E-state index contributed by atoms with van der Waals surface area (Å²) in [5.41, 5.74) is 2.33. The standard InChI is InChI=1S/C17H25N3O/c1-5-10-21-16-8-6-14(7-9-16)20-13-18-11-15(20)12-19-17(2,3)4/h6-9,11,13,19H,5,10,12H2,1-4H3. The van der Waals surface area contributed by atoms with E-state index in [1.54, 1.807) is 0 Å². The molecule has 0 aliphatic carbocycles. The van der Waals surface area contributed by atoms with Gasteiger partial charge in [0.25, 0.3) is 0 Å². The smallest absolute Gasteiger partial charge is 0.119 e. The van der Waals surface area contributed by atoms with Crippen molar-refractivity contribution in [2.75, 3.05) is 6.61 Å². The van der Waals surface area contributed by atoms with Crippen LogP contribution in [0.5, 0.6) is 5.75 Å². The quantitative estimate of drug-likeness (QED) is 0.883. The molecule has 0 saturated carbocycles. The van der Waals surface area contributed by atoms with Crippen molar-refractivity contribution in [1.82, 2.24) is 14.9 Å². The van der Waals surface area contributed by atoms with Gasteiger partial charge >= 0.3 is 0 Å². The largest absolute Gasteiger partial charge is 0.494 e. The maximum Gasteiger partial charge on any atom is 0.119 e. The fourth-order valence-corrected chi connectivity index (χ4v) is 1.96. The van der Waals surface area contributed by atoms with E-state index in [1.807, 2.05) is 24.7 Å². The second-order valence-electron chi connectivity index (χ2n) is 6.20. The number of hydrogen-bond acceptors (Lipinski definition) is 3. The van der Waals surface area contributed by atoms with Crippen molar-refractivity contribution in [2.24, 2.45) is 0 Å². The van der Waals surface area contributed by atoms with Gasteiger partial charge < -0.3 is 14.6 Å². The average Bonchev–Trinajstić information content (AvgIpc) is 2.91. The van der Waals surface area contributed by atoms with E-state index in [1.165, 1.54) is 0 Å². The van der Waals surface area contributed by atoms with E-state index in [0.717, 1.165) is 36.7 Å². The van der Waals surface area contributed by atoms with Crippen LogP contribution < -0.4 is 10.1 Å². The summed E-state index contributed by atoms with van der Waals surface area (Å²) in [4.78, 5) is 4.26. The van der Waals surface area contributed by atoms with Crippen LogP contribution in [0.1, 0.15) is 39.8 Å². The number of nitrogens with zero attached hydrogens (tertiary/aromatic N) is 2. The number of imidazole rings is 1. The maximum atomic E-state index is 5.61. The lowest BCUT2D eigenvalue weighted by Crippen LogP contribution is -2.35. The van der Waals surface area contributed by atoms with E-state index in [-0.39, 0.29) is 5.54 Å². The first-order chi connectivity index (χ1) is 9.99. The molecule has 4 nitrogen and oxygen atoms in total. The SMILES string of the molecule is CCCOc1ccc(-n2cncc2CNC(C)(C)C)cc1. The van der Waals surface area contributed by atoms with Crippen molar-refractivity contribution in [3.8, 4) is 11.4 Å². The molecule has 0 bridgehead atoms. The van der Waals surface area contributed by atoms with E-state index in [2.05, 4.69) is 54.7 Å². The summed E-state index contributed by atoms with van der Waals surface area (Å²) in [7, 11) is 0. The number of nitrogens with one attached hydrogen (secondary N) is 1. The van der Waals surface area contributed by atoms with Gasteiger partial charge in [0.2, 0.25) is 0 Å². The summed E-state index contributed by atoms with van der Waals surface area (Å²) in [6.45, 7) is 10.1. The molecule has 0 radical (unpaired) electrons. The Hall–Kier alpha value is -1.81. The first-order valence-corrected chi connectivity index (χ1v) is 7.49. The Labute approximate surface area is 127 Å². The predicted octanol–water partition coefficient (Wildman–Crippen LogP) is 3.55. The molecule has 1 aromatic carbocycles. The molecule has 0 aliphatic rings. The third-order valence-electron chi connectivity index (χ3n) is 3.10. The second kappa shape index (κ2) is 6.76. The van der Waals surface area contributed by atoms with Gasteiger partial charge in [-0.3, -0.25) is 0 Å². The summed E-state index contributed by atoms with van der Waals surface area (Å²) in [6, 6.07) is 8.14. The van der Waals surface area contributed by atoms with Crippen LogP contribution in [0.3, 0.4) is 0 Å². The summed E-state index contributed by atoms with van der Waals surface area (Å²) in [5, 5.41) is 3.49. The van der Waals surface area contributed by atoms with E-state index in [9.17, 15) is 0 Å². The topological polar surface area (TPSA) is 39.1 Å². The lowest BCUT2D eigenvalue weighted by Gasteiger charge is -2.21. The Balaban J connectivity index is 2.09. The van der Waals surface area contributed by atoms with Gasteiger partial charge in [-0.1, -0.05) is 6.92 Å². The molecule has 1 aromatic heterocycles. The zero-order valence-electron chi connectivity index (χ0n) is 13.4. The van der Waals surface area contributed by atoms with Gasteiger partial charge in [0.1, 0.15) is 5.75 Å². The van der Waals surface area contributed by atoms with Crippen LogP contribution in [0.25, 0.3) is 5.69 Å². The van der Waals surface area contributed by atoms with E-state index < -0.39 is 0 Å². The molecular formula is C17H25N3O. The van der Waals surface area contributed by atoms with Crippen molar-refractivity contribution in [3.05, 3.63) is 42.5 Å². The predicted molar refractivity (Wildman–Crippen MR) is 85.9 cm³/mol. The Morgan fingerprint density at radius 1 is 1.19 bits per heavy atom. The molecule has 0 aliphatic heterocycles. The minimum atomic E-state index is 0.0902. The van der Waals surface area contributed by atoms with Gasteiger partial charge in [0.15, 0.2) is 0 Å². The molecule has 0 saturated heterocycles. The van der Waals surface area contributed by atoms with Crippen molar-refractivity contribution >= 4 is 0 Å². The van der Waals surface area contributed by atoms with Crippen LogP contribution in [-0.2, 0) is 6.54 Å². The molecule has 2 aromatic rings. The lowest BCUT2D eigenvalue weighted by atomic mass is 10.1. The molecule has 0 atom stereocenters. The van der Waals surface area contributed by atoms with Crippen LogP contribution in [0.4, 0.5) is 0 Å². The highest BCUT2D eigenvalue weighted by molar-refractivity contribution is 5.38. The van der Waals surface area contributed by atoms with E-state index >= 15 is 0 Å². The molecule has 1 heterocycles. The van der Waals surface area contributed by atoms with Crippen molar-refractivity contribution in [3.63, 3.8) is 0 Å². The molecule has 4 heteroatoms. The Morgan fingerprint density at radius 3 is 2.52 bits per heavy atom. The molecule has 114 valence electrons. The summed E-state index contributed by atoms with van der Waals surface area (Å²) in [5.74, 6) is 0.912. The van der Waals surface area contributed by atoms with Crippen LogP contribution in [0.15, 0.2) is 36.8 Å². The maximum absolute atomic E-state index is 5.61. The minimum absolute atomic E-state index is 0.0902.